The van der Waals surface area contributed by atoms with E-state index in [1.165, 1.54) is 56.6 Å². The quantitative estimate of drug-likeness (QED) is 0.894. The standard InChI is InChI=1S/C18H32N4.ClH/c1-18(2,3)17-15(12-21(4)20-17)13-22-9-7-16(8-10-22)19-11-14-5-6-14;/h12,14,16,19H,5-11,13H2,1-4H3;1H. The molecular formula is C18H33ClN4. The summed E-state index contributed by atoms with van der Waals surface area (Å²) in [5, 5.41) is 8.46. The lowest BCUT2D eigenvalue weighted by Gasteiger charge is -2.33. The number of piperidine rings is 1. The molecule has 0 spiro atoms. The first-order valence-electron chi connectivity index (χ1n) is 8.90. The van der Waals surface area contributed by atoms with Gasteiger partial charge in [0.2, 0.25) is 0 Å². The van der Waals surface area contributed by atoms with Gasteiger partial charge in [-0.3, -0.25) is 9.58 Å². The van der Waals surface area contributed by atoms with E-state index in [2.05, 4.69) is 37.2 Å². The highest BCUT2D eigenvalue weighted by Crippen LogP contribution is 2.28. The molecule has 1 aromatic rings. The van der Waals surface area contributed by atoms with E-state index in [0.29, 0.717) is 0 Å². The second kappa shape index (κ2) is 7.54. The molecule has 0 aromatic carbocycles. The van der Waals surface area contributed by atoms with E-state index < -0.39 is 0 Å². The van der Waals surface area contributed by atoms with Crippen LogP contribution in [0.15, 0.2) is 6.20 Å². The molecule has 1 aromatic heterocycles. The fraction of sp³-hybridized carbons (Fsp3) is 0.833. The Kier molecular flexibility index (Phi) is 6.15. The molecule has 1 saturated carbocycles. The second-order valence-electron chi connectivity index (χ2n) is 8.33. The normalized spacial score (nSPS) is 20.5. The van der Waals surface area contributed by atoms with Crippen molar-refractivity contribution >= 4 is 12.4 Å². The number of likely N-dealkylation sites (tertiary alicyclic amines) is 1. The molecule has 1 N–H and O–H groups in total. The van der Waals surface area contributed by atoms with Crippen molar-refractivity contribution < 1.29 is 0 Å². The SMILES string of the molecule is Cl.Cn1cc(CN2CCC(NCC3CC3)CC2)c(C(C)(C)C)n1. The maximum absolute atomic E-state index is 4.70. The van der Waals surface area contributed by atoms with Crippen molar-refractivity contribution in [1.82, 2.24) is 20.0 Å². The Morgan fingerprint density at radius 3 is 2.39 bits per heavy atom. The molecule has 1 saturated heterocycles. The third-order valence-electron chi connectivity index (χ3n) is 4.99. The van der Waals surface area contributed by atoms with Gasteiger partial charge in [0.1, 0.15) is 0 Å². The molecule has 2 fully saturated rings. The van der Waals surface area contributed by atoms with Crippen LogP contribution in [0.4, 0.5) is 0 Å². The number of hydrogen-bond acceptors (Lipinski definition) is 3. The van der Waals surface area contributed by atoms with Gasteiger partial charge in [-0.2, -0.15) is 5.10 Å². The second-order valence-corrected chi connectivity index (χ2v) is 8.33. The molecule has 2 heterocycles. The first kappa shape index (κ1) is 18.8. The molecular weight excluding hydrogens is 308 g/mol. The molecule has 23 heavy (non-hydrogen) atoms. The van der Waals surface area contributed by atoms with Crippen LogP contribution >= 0.6 is 12.4 Å². The first-order valence-corrected chi connectivity index (χ1v) is 8.90. The van der Waals surface area contributed by atoms with Crippen LogP contribution in [0.5, 0.6) is 0 Å². The third kappa shape index (κ3) is 5.20. The zero-order chi connectivity index (χ0) is 15.7. The number of nitrogens with one attached hydrogen (secondary N) is 1. The highest BCUT2D eigenvalue weighted by atomic mass is 35.5. The Morgan fingerprint density at radius 1 is 1.17 bits per heavy atom. The number of hydrogen-bond donors (Lipinski definition) is 1. The molecule has 4 nitrogen and oxygen atoms in total. The van der Waals surface area contributed by atoms with Crippen LogP contribution in [-0.4, -0.2) is 40.4 Å². The maximum atomic E-state index is 4.70. The van der Waals surface area contributed by atoms with Gasteiger partial charge in [0, 0.05) is 36.8 Å². The van der Waals surface area contributed by atoms with Gasteiger partial charge in [0.05, 0.1) is 5.69 Å². The summed E-state index contributed by atoms with van der Waals surface area (Å²) in [6.45, 7) is 11.5. The highest BCUT2D eigenvalue weighted by Gasteiger charge is 2.26. The Bertz CT molecular complexity index is 494. The van der Waals surface area contributed by atoms with Crippen LogP contribution in [0, 0.1) is 5.92 Å². The van der Waals surface area contributed by atoms with Crippen molar-refractivity contribution in [1.29, 1.82) is 0 Å². The van der Waals surface area contributed by atoms with Crippen LogP contribution < -0.4 is 5.32 Å². The summed E-state index contributed by atoms with van der Waals surface area (Å²) in [4.78, 5) is 2.60. The van der Waals surface area contributed by atoms with Gasteiger partial charge < -0.3 is 5.32 Å². The van der Waals surface area contributed by atoms with Crippen molar-refractivity contribution in [3.8, 4) is 0 Å². The van der Waals surface area contributed by atoms with Gasteiger partial charge in [-0.1, -0.05) is 20.8 Å². The van der Waals surface area contributed by atoms with Crippen molar-refractivity contribution in [2.75, 3.05) is 19.6 Å². The van der Waals surface area contributed by atoms with Crippen LogP contribution in [-0.2, 0) is 19.0 Å². The van der Waals surface area contributed by atoms with E-state index in [1.807, 2.05) is 11.7 Å². The molecule has 132 valence electrons. The zero-order valence-corrected chi connectivity index (χ0v) is 16.0. The zero-order valence-electron chi connectivity index (χ0n) is 15.1. The van der Waals surface area contributed by atoms with E-state index in [-0.39, 0.29) is 17.8 Å². The summed E-state index contributed by atoms with van der Waals surface area (Å²) < 4.78 is 1.97. The molecule has 5 heteroatoms. The summed E-state index contributed by atoms with van der Waals surface area (Å²) in [7, 11) is 2.03. The van der Waals surface area contributed by atoms with E-state index >= 15 is 0 Å². The van der Waals surface area contributed by atoms with Crippen molar-refractivity contribution in [2.24, 2.45) is 13.0 Å². The molecule has 0 atom stereocenters. The maximum Gasteiger partial charge on any atom is 0.0722 e. The first-order chi connectivity index (χ1) is 10.4. The van der Waals surface area contributed by atoms with E-state index in [4.69, 9.17) is 5.10 Å². The summed E-state index contributed by atoms with van der Waals surface area (Å²) in [5.74, 6) is 0.989. The van der Waals surface area contributed by atoms with Crippen molar-refractivity contribution in [3.63, 3.8) is 0 Å². The molecule has 0 amide bonds. The molecule has 3 rings (SSSR count). The summed E-state index contributed by atoms with van der Waals surface area (Å²) in [6.07, 6.45) is 7.68. The fourth-order valence-corrected chi connectivity index (χ4v) is 3.48. The molecule has 0 unspecified atom stereocenters. The van der Waals surface area contributed by atoms with Gasteiger partial charge in [-0.15, -0.1) is 12.4 Å². The number of rotatable bonds is 5. The number of nitrogens with zero attached hydrogens (tertiary/aromatic N) is 3. The Balaban J connectivity index is 0.00000192. The molecule has 1 aliphatic carbocycles. The van der Waals surface area contributed by atoms with Gasteiger partial charge >= 0.3 is 0 Å². The minimum absolute atomic E-state index is 0. The van der Waals surface area contributed by atoms with Gasteiger partial charge in [0.25, 0.3) is 0 Å². The molecule has 0 radical (unpaired) electrons. The molecule has 0 bridgehead atoms. The van der Waals surface area contributed by atoms with Crippen LogP contribution in [0.25, 0.3) is 0 Å². The number of aromatic nitrogens is 2. The lowest BCUT2D eigenvalue weighted by atomic mass is 9.89. The average Bonchev–Trinajstić information content (AvgIpc) is 3.20. The lowest BCUT2D eigenvalue weighted by Crippen LogP contribution is -2.42. The summed E-state index contributed by atoms with van der Waals surface area (Å²) >= 11 is 0. The Morgan fingerprint density at radius 2 is 1.83 bits per heavy atom. The van der Waals surface area contributed by atoms with Crippen molar-refractivity contribution in [2.45, 2.75) is 64.5 Å². The highest BCUT2D eigenvalue weighted by molar-refractivity contribution is 5.85. The van der Waals surface area contributed by atoms with Gasteiger partial charge in [-0.05, 0) is 51.2 Å². The lowest BCUT2D eigenvalue weighted by molar-refractivity contribution is 0.189. The fourth-order valence-electron chi connectivity index (χ4n) is 3.48. The summed E-state index contributed by atoms with van der Waals surface area (Å²) in [5.41, 5.74) is 2.78. The van der Waals surface area contributed by atoms with E-state index in [1.54, 1.807) is 0 Å². The monoisotopic (exact) mass is 340 g/mol. The predicted molar refractivity (Wildman–Crippen MR) is 98.2 cm³/mol. The van der Waals surface area contributed by atoms with Crippen LogP contribution in [0.2, 0.25) is 0 Å². The molecule has 2 aliphatic rings. The minimum atomic E-state index is 0. The minimum Gasteiger partial charge on any atom is -0.314 e. The van der Waals surface area contributed by atoms with Crippen LogP contribution in [0.3, 0.4) is 0 Å². The van der Waals surface area contributed by atoms with Gasteiger partial charge in [0.15, 0.2) is 0 Å². The topological polar surface area (TPSA) is 33.1 Å². The largest absolute Gasteiger partial charge is 0.314 e. The number of aryl methyl sites for hydroxylation is 1. The summed E-state index contributed by atoms with van der Waals surface area (Å²) in [6, 6.07) is 0.743. The van der Waals surface area contributed by atoms with Crippen molar-refractivity contribution in [3.05, 3.63) is 17.5 Å². The molecule has 1 aliphatic heterocycles. The smallest absolute Gasteiger partial charge is 0.0722 e. The third-order valence-corrected chi connectivity index (χ3v) is 4.99. The van der Waals surface area contributed by atoms with E-state index in [9.17, 15) is 0 Å². The Hall–Kier alpha value is -0.580. The van der Waals surface area contributed by atoms with Crippen LogP contribution in [0.1, 0.15) is 57.7 Å². The van der Waals surface area contributed by atoms with E-state index in [0.717, 1.165) is 18.5 Å². The average molecular weight is 341 g/mol. The number of halogens is 1. The van der Waals surface area contributed by atoms with Gasteiger partial charge in [-0.25, -0.2) is 0 Å². The Labute approximate surface area is 147 Å². The predicted octanol–water partition coefficient (Wildman–Crippen LogP) is 3.10.